The van der Waals surface area contributed by atoms with Crippen LogP contribution in [-0.2, 0) is 6.42 Å². The lowest BCUT2D eigenvalue weighted by Crippen LogP contribution is -2.13. The summed E-state index contributed by atoms with van der Waals surface area (Å²) in [6.45, 7) is 5.61. The highest BCUT2D eigenvalue weighted by Crippen LogP contribution is 2.29. The number of benzene rings is 2. The average Bonchev–Trinajstić information content (AvgIpc) is 2.62. The third-order valence-corrected chi connectivity index (χ3v) is 5.06. The summed E-state index contributed by atoms with van der Waals surface area (Å²) in [7, 11) is 0. The summed E-state index contributed by atoms with van der Waals surface area (Å²) in [5.74, 6) is 0.422. The van der Waals surface area contributed by atoms with Gasteiger partial charge >= 0.3 is 5.63 Å². The topological polar surface area (TPSA) is 56.5 Å². The molecule has 0 bridgehead atoms. The van der Waals surface area contributed by atoms with E-state index in [1.54, 1.807) is 12.1 Å². The summed E-state index contributed by atoms with van der Waals surface area (Å²) >= 11 is 3.35. The molecule has 0 aliphatic rings. The Kier molecular flexibility index (Phi) is 5.28. The smallest absolute Gasteiger partial charge is 0.339 e. The molecule has 5 heteroatoms. The van der Waals surface area contributed by atoms with Crippen LogP contribution in [0.2, 0.25) is 0 Å². The van der Waals surface area contributed by atoms with E-state index in [-0.39, 0.29) is 18.0 Å². The van der Waals surface area contributed by atoms with Gasteiger partial charge in [0.2, 0.25) is 0 Å². The molecule has 1 heterocycles. The van der Waals surface area contributed by atoms with E-state index in [9.17, 15) is 9.59 Å². The summed E-state index contributed by atoms with van der Waals surface area (Å²) in [6.07, 6.45) is 0.628. The van der Waals surface area contributed by atoms with Crippen molar-refractivity contribution in [1.29, 1.82) is 0 Å². The molecule has 26 heavy (non-hydrogen) atoms. The molecule has 0 amide bonds. The number of fused-ring (bicyclic) bond motifs is 1. The van der Waals surface area contributed by atoms with Crippen LogP contribution in [0.15, 0.2) is 50.1 Å². The molecule has 0 fully saturated rings. The van der Waals surface area contributed by atoms with E-state index in [1.165, 1.54) is 0 Å². The summed E-state index contributed by atoms with van der Waals surface area (Å²) < 4.78 is 12.1. The highest BCUT2D eigenvalue weighted by atomic mass is 79.9. The monoisotopic (exact) mass is 414 g/mol. The van der Waals surface area contributed by atoms with Gasteiger partial charge in [-0.25, -0.2) is 4.79 Å². The van der Waals surface area contributed by atoms with Gasteiger partial charge in [0.05, 0.1) is 0 Å². The van der Waals surface area contributed by atoms with Crippen molar-refractivity contribution in [3.05, 3.63) is 73.5 Å². The Balaban J connectivity index is 1.89. The van der Waals surface area contributed by atoms with Gasteiger partial charge in [-0.2, -0.15) is 0 Å². The van der Waals surface area contributed by atoms with Crippen LogP contribution in [0.1, 0.15) is 34.0 Å². The van der Waals surface area contributed by atoms with Gasteiger partial charge < -0.3 is 9.15 Å². The Morgan fingerprint density at radius 2 is 1.77 bits per heavy atom. The van der Waals surface area contributed by atoms with Gasteiger partial charge in [0.1, 0.15) is 11.3 Å². The van der Waals surface area contributed by atoms with E-state index >= 15 is 0 Å². The van der Waals surface area contributed by atoms with Crippen molar-refractivity contribution in [3.8, 4) is 5.75 Å². The van der Waals surface area contributed by atoms with Crippen molar-refractivity contribution in [1.82, 2.24) is 0 Å². The average molecular weight is 415 g/mol. The molecule has 0 saturated carbocycles. The van der Waals surface area contributed by atoms with Crippen LogP contribution in [0.3, 0.4) is 0 Å². The van der Waals surface area contributed by atoms with Crippen LogP contribution >= 0.6 is 15.9 Å². The molecule has 0 radical (unpaired) electrons. The van der Waals surface area contributed by atoms with Crippen molar-refractivity contribution in [2.45, 2.75) is 27.2 Å². The van der Waals surface area contributed by atoms with Crippen LogP contribution in [0.5, 0.6) is 5.75 Å². The second-order valence-electron chi connectivity index (χ2n) is 6.13. The van der Waals surface area contributed by atoms with Crippen molar-refractivity contribution in [3.63, 3.8) is 0 Å². The number of Topliss-reactive ketones (excluding diaryl/α,β-unsaturated/α-hetero) is 1. The van der Waals surface area contributed by atoms with Gasteiger partial charge in [0.25, 0.3) is 0 Å². The van der Waals surface area contributed by atoms with Crippen LogP contribution in [0, 0.1) is 13.8 Å². The normalized spacial score (nSPS) is 10.9. The van der Waals surface area contributed by atoms with Gasteiger partial charge in [-0.05, 0) is 50.1 Å². The Morgan fingerprint density at radius 1 is 1.08 bits per heavy atom. The first kappa shape index (κ1) is 18.4. The molecule has 0 aliphatic heterocycles. The Labute approximate surface area is 159 Å². The summed E-state index contributed by atoms with van der Waals surface area (Å²) in [4.78, 5) is 24.4. The van der Waals surface area contributed by atoms with Crippen LogP contribution in [-0.4, -0.2) is 12.4 Å². The molecule has 0 saturated heterocycles. The molecule has 0 atom stereocenters. The molecule has 3 aromatic rings. The number of rotatable bonds is 5. The number of halogens is 1. The number of ketones is 1. The number of aryl methyl sites for hydroxylation is 2. The lowest BCUT2D eigenvalue weighted by Gasteiger charge is -2.12. The predicted molar refractivity (Wildman–Crippen MR) is 105 cm³/mol. The van der Waals surface area contributed by atoms with Gasteiger partial charge in [0.15, 0.2) is 12.4 Å². The standard InChI is InChI=1S/C21H19BrO4/c1-4-16-12(2)17-9-10-19(13(3)20(17)26-21(16)24)25-11-18(23)14-5-7-15(22)8-6-14/h5-10H,4,11H2,1-3H3. The number of hydrogen-bond donors (Lipinski definition) is 0. The van der Waals surface area contributed by atoms with Gasteiger partial charge in [0, 0.05) is 26.5 Å². The molecule has 2 aromatic carbocycles. The molecule has 0 spiro atoms. The Bertz CT molecular complexity index is 1030. The van der Waals surface area contributed by atoms with E-state index < -0.39 is 0 Å². The zero-order valence-corrected chi connectivity index (χ0v) is 16.5. The molecule has 4 nitrogen and oxygen atoms in total. The molecule has 0 unspecified atom stereocenters. The van der Waals surface area contributed by atoms with Crippen LogP contribution in [0.25, 0.3) is 11.0 Å². The highest BCUT2D eigenvalue weighted by Gasteiger charge is 2.15. The van der Waals surface area contributed by atoms with E-state index in [2.05, 4.69) is 15.9 Å². The fraction of sp³-hybridized carbons (Fsp3) is 0.238. The quantitative estimate of drug-likeness (QED) is 0.435. The van der Waals surface area contributed by atoms with E-state index in [4.69, 9.17) is 9.15 Å². The second-order valence-corrected chi connectivity index (χ2v) is 7.05. The zero-order valence-electron chi connectivity index (χ0n) is 14.9. The fourth-order valence-electron chi connectivity index (χ4n) is 3.00. The number of carbonyl (C=O) groups is 1. The van der Waals surface area contributed by atoms with Crippen molar-refractivity contribution in [2.75, 3.05) is 6.61 Å². The highest BCUT2D eigenvalue weighted by molar-refractivity contribution is 9.10. The summed E-state index contributed by atoms with van der Waals surface area (Å²) in [6, 6.07) is 10.8. The minimum Gasteiger partial charge on any atom is -0.485 e. The number of carbonyl (C=O) groups excluding carboxylic acids is 1. The van der Waals surface area contributed by atoms with Crippen LogP contribution < -0.4 is 10.4 Å². The lowest BCUT2D eigenvalue weighted by atomic mass is 10.0. The molecule has 134 valence electrons. The van der Waals surface area contributed by atoms with E-state index in [0.29, 0.717) is 34.4 Å². The SMILES string of the molecule is CCc1c(C)c2ccc(OCC(=O)c3ccc(Br)cc3)c(C)c2oc1=O. The fourth-order valence-corrected chi connectivity index (χ4v) is 3.26. The molecule has 3 rings (SSSR count). The Morgan fingerprint density at radius 3 is 2.42 bits per heavy atom. The first-order valence-electron chi connectivity index (χ1n) is 8.39. The maximum absolute atomic E-state index is 12.3. The predicted octanol–water partition coefficient (Wildman–Crippen LogP) is 5.00. The van der Waals surface area contributed by atoms with Gasteiger partial charge in [-0.3, -0.25) is 4.79 Å². The molecule has 0 N–H and O–H groups in total. The third-order valence-electron chi connectivity index (χ3n) is 4.53. The number of hydrogen-bond acceptors (Lipinski definition) is 4. The summed E-state index contributed by atoms with van der Waals surface area (Å²) in [5.41, 5.74) is 3.12. The molecular weight excluding hydrogens is 396 g/mol. The van der Waals surface area contributed by atoms with Crippen molar-refractivity contribution < 1.29 is 13.9 Å². The first-order chi connectivity index (χ1) is 12.4. The van der Waals surface area contributed by atoms with Gasteiger partial charge in [-0.1, -0.05) is 35.0 Å². The first-order valence-corrected chi connectivity index (χ1v) is 9.19. The van der Waals surface area contributed by atoms with Gasteiger partial charge in [-0.15, -0.1) is 0 Å². The lowest BCUT2D eigenvalue weighted by molar-refractivity contribution is 0.0921. The maximum atomic E-state index is 12.3. The zero-order chi connectivity index (χ0) is 18.8. The van der Waals surface area contributed by atoms with E-state index in [0.717, 1.165) is 15.4 Å². The van der Waals surface area contributed by atoms with Crippen LogP contribution in [0.4, 0.5) is 0 Å². The second kappa shape index (κ2) is 7.46. The third kappa shape index (κ3) is 3.44. The minimum atomic E-state index is -0.316. The van der Waals surface area contributed by atoms with E-state index in [1.807, 2.05) is 45.0 Å². The maximum Gasteiger partial charge on any atom is 0.339 e. The largest absolute Gasteiger partial charge is 0.485 e. The van der Waals surface area contributed by atoms with Crippen molar-refractivity contribution in [2.24, 2.45) is 0 Å². The molecule has 0 aliphatic carbocycles. The molecule has 1 aromatic heterocycles. The molecular formula is C21H19BrO4. The Hall–Kier alpha value is -2.40. The minimum absolute atomic E-state index is 0.0791. The van der Waals surface area contributed by atoms with Crippen molar-refractivity contribution >= 4 is 32.7 Å². The number of ether oxygens (including phenoxy) is 1. The summed E-state index contributed by atoms with van der Waals surface area (Å²) in [5, 5.41) is 0.894.